The van der Waals surface area contributed by atoms with Gasteiger partial charge in [0.05, 0.1) is 6.61 Å². The average molecular weight is 281 g/mol. The molecule has 0 heterocycles. The molecule has 2 unspecified atom stereocenters. The average Bonchev–Trinajstić information content (AvgIpc) is 2.44. The third kappa shape index (κ3) is 3.49. The van der Waals surface area contributed by atoms with Crippen LogP contribution in [-0.4, -0.2) is 29.9 Å². The zero-order chi connectivity index (χ0) is 14.6. The molecule has 112 valence electrons. The molecule has 0 radical (unpaired) electrons. The van der Waals surface area contributed by atoms with E-state index in [2.05, 4.69) is 5.32 Å². The van der Waals surface area contributed by atoms with Crippen molar-refractivity contribution in [3.63, 3.8) is 0 Å². The summed E-state index contributed by atoms with van der Waals surface area (Å²) in [4.78, 5) is 0. The standard InChI is InChI=1S/C16H24FNO2/c1-3-18-16(11-19)8-4-5-14(10-16)20-13-7-6-12(2)15(17)9-13/h6-7,9,14,18-19H,3-5,8,10-11H2,1-2H3. The maximum absolute atomic E-state index is 13.5. The van der Waals surface area contributed by atoms with Crippen LogP contribution < -0.4 is 10.1 Å². The molecule has 0 bridgehead atoms. The highest BCUT2D eigenvalue weighted by Gasteiger charge is 2.36. The van der Waals surface area contributed by atoms with E-state index in [4.69, 9.17) is 4.74 Å². The zero-order valence-electron chi connectivity index (χ0n) is 12.3. The largest absolute Gasteiger partial charge is 0.490 e. The Bertz CT molecular complexity index is 448. The van der Waals surface area contributed by atoms with Crippen LogP contribution >= 0.6 is 0 Å². The maximum atomic E-state index is 13.5. The molecule has 2 rings (SSSR count). The van der Waals surface area contributed by atoms with E-state index in [1.54, 1.807) is 19.1 Å². The number of hydrogen-bond acceptors (Lipinski definition) is 3. The lowest BCUT2D eigenvalue weighted by molar-refractivity contribution is 0.0518. The van der Waals surface area contributed by atoms with Gasteiger partial charge in [0.2, 0.25) is 0 Å². The fourth-order valence-corrected chi connectivity index (χ4v) is 2.98. The monoisotopic (exact) mass is 281 g/mol. The molecule has 0 amide bonds. The number of ether oxygens (including phenoxy) is 1. The van der Waals surface area contributed by atoms with Gasteiger partial charge in [0, 0.05) is 18.0 Å². The van der Waals surface area contributed by atoms with E-state index in [1.165, 1.54) is 6.07 Å². The van der Waals surface area contributed by atoms with Crippen molar-refractivity contribution in [3.05, 3.63) is 29.6 Å². The number of hydrogen-bond donors (Lipinski definition) is 2. The molecule has 1 aromatic rings. The number of aryl methyl sites for hydroxylation is 1. The number of benzene rings is 1. The van der Waals surface area contributed by atoms with Crippen molar-refractivity contribution in [2.24, 2.45) is 0 Å². The van der Waals surface area contributed by atoms with Crippen LogP contribution in [0.1, 0.15) is 38.2 Å². The number of nitrogens with one attached hydrogen (secondary N) is 1. The van der Waals surface area contributed by atoms with Crippen LogP contribution in [-0.2, 0) is 0 Å². The van der Waals surface area contributed by atoms with Gasteiger partial charge in [0.15, 0.2) is 0 Å². The van der Waals surface area contributed by atoms with Crippen LogP contribution in [0.3, 0.4) is 0 Å². The van der Waals surface area contributed by atoms with Crippen LogP contribution in [0.5, 0.6) is 5.75 Å². The van der Waals surface area contributed by atoms with Crippen molar-refractivity contribution >= 4 is 0 Å². The zero-order valence-corrected chi connectivity index (χ0v) is 12.3. The van der Waals surface area contributed by atoms with Gasteiger partial charge in [0.25, 0.3) is 0 Å². The topological polar surface area (TPSA) is 41.5 Å². The molecule has 0 aliphatic heterocycles. The molecule has 1 aromatic carbocycles. The van der Waals surface area contributed by atoms with Crippen LogP contribution in [0.4, 0.5) is 4.39 Å². The minimum Gasteiger partial charge on any atom is -0.490 e. The fourth-order valence-electron chi connectivity index (χ4n) is 2.98. The Morgan fingerprint density at radius 1 is 1.50 bits per heavy atom. The van der Waals surface area contributed by atoms with Crippen molar-refractivity contribution < 1.29 is 14.2 Å². The van der Waals surface area contributed by atoms with Gasteiger partial charge in [0.1, 0.15) is 17.7 Å². The van der Waals surface area contributed by atoms with Crippen LogP contribution in [0, 0.1) is 12.7 Å². The van der Waals surface area contributed by atoms with Gasteiger partial charge in [-0.05, 0) is 44.4 Å². The molecule has 2 atom stereocenters. The quantitative estimate of drug-likeness (QED) is 0.872. The Hall–Kier alpha value is -1.13. The van der Waals surface area contributed by atoms with E-state index in [1.807, 2.05) is 6.92 Å². The molecular formula is C16H24FNO2. The Kier molecular flexibility index (Phi) is 5.00. The Balaban J connectivity index is 2.03. The lowest BCUT2D eigenvalue weighted by Crippen LogP contribution is -2.53. The summed E-state index contributed by atoms with van der Waals surface area (Å²) >= 11 is 0. The number of aliphatic hydroxyl groups excluding tert-OH is 1. The van der Waals surface area contributed by atoms with E-state index in [0.29, 0.717) is 11.3 Å². The fraction of sp³-hybridized carbons (Fsp3) is 0.625. The normalized spacial score (nSPS) is 26.5. The summed E-state index contributed by atoms with van der Waals surface area (Å²) < 4.78 is 19.4. The minimum atomic E-state index is -0.249. The molecule has 1 aliphatic carbocycles. The van der Waals surface area contributed by atoms with E-state index < -0.39 is 0 Å². The Labute approximate surface area is 120 Å². The second-order valence-electron chi connectivity index (χ2n) is 5.72. The van der Waals surface area contributed by atoms with Gasteiger partial charge in [-0.15, -0.1) is 0 Å². The van der Waals surface area contributed by atoms with Crippen molar-refractivity contribution in [2.45, 2.75) is 51.2 Å². The molecule has 1 saturated carbocycles. The van der Waals surface area contributed by atoms with Gasteiger partial charge >= 0.3 is 0 Å². The molecule has 2 N–H and O–H groups in total. The van der Waals surface area contributed by atoms with Crippen LogP contribution in [0.25, 0.3) is 0 Å². The van der Waals surface area contributed by atoms with Crippen molar-refractivity contribution in [2.75, 3.05) is 13.2 Å². The highest BCUT2D eigenvalue weighted by Crippen LogP contribution is 2.31. The SMILES string of the molecule is CCNC1(CO)CCCC(Oc2ccc(C)c(F)c2)C1. The summed E-state index contributed by atoms with van der Waals surface area (Å²) in [5, 5.41) is 13.0. The summed E-state index contributed by atoms with van der Waals surface area (Å²) in [5.74, 6) is 0.335. The molecule has 4 heteroatoms. The first kappa shape index (κ1) is 15.3. The lowest BCUT2D eigenvalue weighted by atomic mass is 9.80. The van der Waals surface area contributed by atoms with E-state index in [0.717, 1.165) is 32.2 Å². The molecule has 0 aromatic heterocycles. The van der Waals surface area contributed by atoms with Gasteiger partial charge in [-0.2, -0.15) is 0 Å². The first-order valence-corrected chi connectivity index (χ1v) is 7.37. The van der Waals surface area contributed by atoms with E-state index in [9.17, 15) is 9.50 Å². The third-order valence-corrected chi connectivity index (χ3v) is 4.10. The van der Waals surface area contributed by atoms with Crippen LogP contribution in [0.15, 0.2) is 18.2 Å². The van der Waals surface area contributed by atoms with Gasteiger partial charge in [-0.1, -0.05) is 13.0 Å². The summed E-state index contributed by atoms with van der Waals surface area (Å²) in [6.45, 7) is 4.72. The molecule has 1 aliphatic rings. The second kappa shape index (κ2) is 6.55. The van der Waals surface area contributed by atoms with Gasteiger partial charge in [-0.3, -0.25) is 0 Å². The predicted octanol–water partition coefficient (Wildman–Crippen LogP) is 2.80. The minimum absolute atomic E-state index is 0.0251. The highest BCUT2D eigenvalue weighted by atomic mass is 19.1. The van der Waals surface area contributed by atoms with Gasteiger partial charge in [-0.25, -0.2) is 4.39 Å². The number of rotatable bonds is 5. The smallest absolute Gasteiger partial charge is 0.129 e. The number of likely N-dealkylation sites (N-methyl/N-ethyl adjacent to an activating group) is 1. The van der Waals surface area contributed by atoms with Crippen molar-refractivity contribution in [1.29, 1.82) is 0 Å². The van der Waals surface area contributed by atoms with Crippen LogP contribution in [0.2, 0.25) is 0 Å². The lowest BCUT2D eigenvalue weighted by Gasteiger charge is -2.40. The highest BCUT2D eigenvalue weighted by molar-refractivity contribution is 5.28. The molecule has 20 heavy (non-hydrogen) atoms. The second-order valence-corrected chi connectivity index (χ2v) is 5.72. The Morgan fingerprint density at radius 2 is 2.30 bits per heavy atom. The first-order chi connectivity index (χ1) is 9.58. The van der Waals surface area contributed by atoms with E-state index >= 15 is 0 Å². The number of halogens is 1. The molecule has 0 spiro atoms. The molecule has 0 saturated heterocycles. The van der Waals surface area contributed by atoms with Crippen molar-refractivity contribution in [1.82, 2.24) is 5.32 Å². The molecular weight excluding hydrogens is 257 g/mol. The summed E-state index contributed by atoms with van der Waals surface area (Å²) in [6, 6.07) is 4.98. The summed E-state index contributed by atoms with van der Waals surface area (Å²) in [7, 11) is 0. The summed E-state index contributed by atoms with van der Waals surface area (Å²) in [5.41, 5.74) is 0.374. The third-order valence-electron chi connectivity index (χ3n) is 4.10. The van der Waals surface area contributed by atoms with E-state index in [-0.39, 0.29) is 24.1 Å². The summed E-state index contributed by atoms with van der Waals surface area (Å²) in [6.07, 6.45) is 3.69. The predicted molar refractivity (Wildman–Crippen MR) is 77.5 cm³/mol. The first-order valence-electron chi connectivity index (χ1n) is 7.37. The Morgan fingerprint density at radius 3 is 2.95 bits per heavy atom. The number of aliphatic hydroxyl groups is 1. The maximum Gasteiger partial charge on any atom is 0.129 e. The molecule has 3 nitrogen and oxygen atoms in total. The van der Waals surface area contributed by atoms with Crippen molar-refractivity contribution in [3.8, 4) is 5.75 Å². The molecule has 1 fully saturated rings. The van der Waals surface area contributed by atoms with Gasteiger partial charge < -0.3 is 15.2 Å².